The highest BCUT2D eigenvalue weighted by molar-refractivity contribution is 14.1. The van der Waals surface area contributed by atoms with Gasteiger partial charge >= 0.3 is 11.6 Å². The first-order chi connectivity index (χ1) is 67.3. The van der Waals surface area contributed by atoms with Crippen LogP contribution in [0.4, 0.5) is 22.7 Å². The molecule has 1 aliphatic carbocycles. The molecule has 778 valence electrons. The lowest BCUT2D eigenvalue weighted by Crippen LogP contribution is -3.11. The summed E-state index contributed by atoms with van der Waals surface area (Å²) >= 11 is 0.434. The van der Waals surface area contributed by atoms with E-state index in [0.717, 1.165) is 150 Å². The molecule has 9 N–H and O–H groups in total. The first kappa shape index (κ1) is 116. The van der Waals surface area contributed by atoms with Crippen LogP contribution >= 0.6 is 45.2 Å². The van der Waals surface area contributed by atoms with Crippen molar-refractivity contribution < 1.29 is 125 Å². The Morgan fingerprint density at radius 2 is 1.14 bits per heavy atom. The lowest BCUT2D eigenvalue weighted by molar-refractivity contribution is -0.850. The van der Waals surface area contributed by atoms with Crippen molar-refractivity contribution in [2.45, 2.75) is 244 Å². The lowest BCUT2D eigenvalue weighted by atomic mass is 9.70. The van der Waals surface area contributed by atoms with Gasteiger partial charge in [0.2, 0.25) is 29.3 Å². The summed E-state index contributed by atoms with van der Waals surface area (Å²) in [6, 6.07) is 18.9. The van der Waals surface area contributed by atoms with E-state index in [1.165, 1.54) is 24.3 Å². The maximum atomic E-state index is 13.0. The summed E-state index contributed by atoms with van der Waals surface area (Å²) in [7, 11) is -22.1. The van der Waals surface area contributed by atoms with E-state index < -0.39 is 107 Å². The van der Waals surface area contributed by atoms with E-state index in [9.17, 15) is 97.9 Å². The number of alkyl halides is 2. The molecule has 0 bridgehead atoms. The minimum atomic E-state index is -4.82. The van der Waals surface area contributed by atoms with Gasteiger partial charge in [-0.25, -0.2) is 12.6 Å². The van der Waals surface area contributed by atoms with Crippen LogP contribution in [0.5, 0.6) is 11.5 Å². The summed E-state index contributed by atoms with van der Waals surface area (Å²) in [5.41, 5.74) is 9.45. The third-order valence-corrected chi connectivity index (χ3v) is 33.3. The number of halogens is 2. The number of fused-ring (bicyclic) bond motifs is 10. The summed E-state index contributed by atoms with van der Waals surface area (Å²) in [6.45, 7) is 12.7. The van der Waals surface area contributed by atoms with Gasteiger partial charge in [0, 0.05) is 133 Å². The highest BCUT2D eigenvalue weighted by Gasteiger charge is 2.57. The number of carbonyl (C=O) groups is 4. The van der Waals surface area contributed by atoms with E-state index in [1.54, 1.807) is 54.6 Å². The molecule has 7 heterocycles. The molecular weight excluding hydrogens is 2200 g/mol. The molecule has 34 nitrogen and oxygen atoms in total. The molecule has 7 aliphatic heterocycles. The molecule has 9 atom stereocenters. The van der Waals surface area contributed by atoms with E-state index >= 15 is 0 Å². The zero-order valence-electron chi connectivity index (χ0n) is 80.1. The average Bonchev–Trinajstić information content (AvgIpc) is 1.53. The Hall–Kier alpha value is -8.11. The SMILES string of the molecule is CC1(CCCCS(=O)(=O)O)C2=C3C=C4C5=[N+](CCC4OC3CCN2c2ccc(S(=O)(=O)O)cc21)c1ccc([O-])cc1C5(C)CCCCCC(=O)NCCCCCNC(=O)CI.CC1(CCCS(=O)(=O)O)\C(=C/C=C/C=C/C=C/C2[NH+](CCCS(=O)(=O)O)c3ccc(S(=O)(=O)[O-])cc3C2(C)CCCC2=C/C=C\C=C/C=C2)N(CCCCCC(=O)NCCCCCNC(=O)CI)c2ccc(OS(=O)[O-])cc21.O=S=O. The number of carbonyl (C=O) groups excluding carboxylic acids is 4. The number of hydrogen-bond donors (Lipinski definition) is 9. The maximum absolute atomic E-state index is 13.0. The van der Waals surface area contributed by atoms with Crippen molar-refractivity contribution in [2.75, 3.05) is 88.3 Å². The summed E-state index contributed by atoms with van der Waals surface area (Å²) < 4.78 is 227. The highest BCUT2D eigenvalue weighted by atomic mass is 127. The second-order valence-electron chi connectivity index (χ2n) is 37.5. The Morgan fingerprint density at radius 1 is 0.585 bits per heavy atom. The number of anilines is 2. The molecular formula is C99H129I2N8O26S7-. The number of amides is 4. The summed E-state index contributed by atoms with van der Waals surface area (Å²) in [5, 5.41) is 24.6. The number of unbranched alkanes of at least 4 members (excludes halogenated alkanes) is 9. The van der Waals surface area contributed by atoms with Gasteiger partial charge in [-0.3, -0.25) is 42.3 Å². The second-order valence-corrected chi connectivity index (χ2v) is 47.2. The number of allylic oxidation sites excluding steroid dienone is 16. The molecule has 43 heteroatoms. The smallest absolute Gasteiger partial charge is 0.335 e. The van der Waals surface area contributed by atoms with Crippen LogP contribution in [0.1, 0.15) is 217 Å². The van der Waals surface area contributed by atoms with Crippen molar-refractivity contribution in [3.8, 4) is 11.5 Å². The van der Waals surface area contributed by atoms with Crippen molar-refractivity contribution >= 4 is 171 Å². The van der Waals surface area contributed by atoms with Crippen LogP contribution in [0.2, 0.25) is 0 Å². The van der Waals surface area contributed by atoms with Gasteiger partial charge in [0.25, 0.3) is 40.5 Å². The van der Waals surface area contributed by atoms with E-state index in [1.807, 2.05) is 145 Å². The Labute approximate surface area is 867 Å². The number of rotatable bonds is 51. The molecule has 4 aromatic carbocycles. The molecule has 0 radical (unpaired) electrons. The molecule has 0 spiro atoms. The first-order valence-corrected chi connectivity index (χ1v) is 60.2. The van der Waals surface area contributed by atoms with Gasteiger partial charge in [-0.1, -0.05) is 156 Å². The summed E-state index contributed by atoms with van der Waals surface area (Å²) in [6.07, 6.45) is 44.7. The van der Waals surface area contributed by atoms with E-state index in [4.69, 9.17) is 17.3 Å². The number of hydrogen-bond acceptors (Lipinski definition) is 24. The van der Waals surface area contributed by atoms with Gasteiger partial charge < -0.3 is 54.2 Å². The molecule has 0 saturated carbocycles. The number of ether oxygens (including phenoxy) is 1. The molecule has 0 saturated heterocycles. The third-order valence-electron chi connectivity index (χ3n) is 27.5. The lowest BCUT2D eigenvalue weighted by Gasteiger charge is -2.43. The quantitative estimate of drug-likeness (QED) is 0.00377. The van der Waals surface area contributed by atoms with E-state index in [0.29, 0.717) is 130 Å². The Balaban J connectivity index is 0.000000291. The van der Waals surface area contributed by atoms with Gasteiger partial charge in [0.1, 0.15) is 39.0 Å². The van der Waals surface area contributed by atoms with E-state index in [2.05, 4.69) is 48.6 Å². The Bertz CT molecular complexity index is 6270. The fourth-order valence-corrected chi connectivity index (χ4v) is 24.2. The van der Waals surface area contributed by atoms with Crippen LogP contribution in [0.15, 0.2) is 202 Å². The zero-order valence-corrected chi connectivity index (χ0v) is 90.2. The predicted molar refractivity (Wildman–Crippen MR) is 559 cm³/mol. The minimum Gasteiger partial charge on any atom is -0.872 e. The van der Waals surface area contributed by atoms with Crippen molar-refractivity contribution in [1.29, 1.82) is 0 Å². The standard InChI is InChI=1S/C55H73IN4O14S4.C44H57IN4O10S2.O2S/c1-54(32-19-24-43-22-11-5-3-6-12-23-43)47-41-45(78(71,72)73)29-31-49(47)60(37-21-39-77(68,69)70)50(54)25-13-7-4-8-14-26-51-55(2,33-20-38-76(65,66)67)46-40-44(74-75(63)64)28-30-48(46)59(51)36-18-9-15-27-52(61)57-34-16-10-17-35-58-53(62)42-56;1-43(18-6-3-5-11-39(51)46-20-8-4-9-21-47-40(52)28-45)33-25-29(50)12-14-35(33)48-22-16-37-31(41(43)48)27-32-38(59-37)17-23-49-36-15-13-30(61(56,57)58)26-34(36)44(2,42(32)49)19-7-10-24-60(53,54)55;1-3-2/h3-8,11-14,22-23,25-26,28-31,40-41,50H,9-10,15-21,24,27,32-39,42H2,1-2H3,(H,57,61)(H,58,62)(H,63,64)(H,65,66,67)(H,68,69,70)(H,71,72,73);12-15,25-27,37-38H,3-11,16-24,28H2,1-2H3,(H4-,46,47,50,51,52,53,54,55,56,57,58);/p-1/b5-3-,6-3?,7-4+,11-5?,12-6-,14-8+,22-11?,23-12?,25-13+,43-22?,43-23?,51-26+;;. The number of nitrogens with zero attached hydrogens (tertiary/aromatic N) is 3. The number of benzene rings is 4. The van der Waals surface area contributed by atoms with Crippen molar-refractivity contribution in [3.05, 3.63) is 214 Å². The molecule has 0 aromatic heterocycles. The van der Waals surface area contributed by atoms with Crippen LogP contribution in [-0.2, 0) is 119 Å². The largest absolute Gasteiger partial charge is 0.872 e. The summed E-state index contributed by atoms with van der Waals surface area (Å²) in [4.78, 5) is 52.7. The normalized spacial score (nSPS) is 22.5. The van der Waals surface area contributed by atoms with Crippen LogP contribution in [-0.4, -0.2) is 213 Å². The molecule has 0 fully saturated rings. The number of quaternary nitrogens is 1. The predicted octanol–water partition coefficient (Wildman–Crippen LogP) is 12.4. The number of nitrogens with one attached hydrogen (secondary N) is 5. The van der Waals surface area contributed by atoms with Crippen molar-refractivity contribution in [2.24, 2.45) is 0 Å². The van der Waals surface area contributed by atoms with E-state index in [-0.39, 0.29) is 101 Å². The van der Waals surface area contributed by atoms with Gasteiger partial charge in [0.15, 0.2) is 12.3 Å². The molecule has 4 aromatic rings. The third kappa shape index (κ3) is 32.0. The second kappa shape index (κ2) is 53.0. The topological polar surface area (TPSA) is 521 Å². The molecule has 9 unspecified atom stereocenters. The monoisotopic (exact) mass is 2320 g/mol. The van der Waals surface area contributed by atoms with Crippen molar-refractivity contribution in [3.63, 3.8) is 0 Å². The summed E-state index contributed by atoms with van der Waals surface area (Å²) in [5.74, 6) is -1.32. The van der Waals surface area contributed by atoms with Crippen LogP contribution in [0, 0.1) is 0 Å². The average molecular weight is 2330 g/mol. The van der Waals surface area contributed by atoms with Crippen LogP contribution in [0.3, 0.4) is 0 Å². The molecule has 142 heavy (non-hydrogen) atoms. The molecule has 4 amide bonds. The highest BCUT2D eigenvalue weighted by Crippen LogP contribution is 2.58. The first-order valence-electron chi connectivity index (χ1n) is 47.8. The fraction of sp³-hybridized carbons (Fsp3) is 0.505. The Kier molecular flexibility index (Phi) is 43.2. The Morgan fingerprint density at radius 3 is 1.77 bits per heavy atom. The van der Waals surface area contributed by atoms with Crippen LogP contribution in [0.25, 0.3) is 0 Å². The zero-order chi connectivity index (χ0) is 103. The van der Waals surface area contributed by atoms with Gasteiger partial charge in [-0.15, -0.1) is 5.75 Å². The van der Waals surface area contributed by atoms with Crippen molar-refractivity contribution in [1.82, 2.24) is 21.3 Å². The molecule has 12 rings (SSSR count). The van der Waals surface area contributed by atoms with Gasteiger partial charge in [0.05, 0.1) is 65.5 Å². The maximum Gasteiger partial charge on any atom is 0.335 e. The van der Waals surface area contributed by atoms with Gasteiger partial charge in [-0.05, 0) is 227 Å². The van der Waals surface area contributed by atoms with Gasteiger partial charge in [-0.2, -0.15) is 46.7 Å². The van der Waals surface area contributed by atoms with Crippen LogP contribution < -0.4 is 45.3 Å². The minimum absolute atomic E-state index is 0.00154. The fourth-order valence-electron chi connectivity index (χ4n) is 20.8. The molecule has 8 aliphatic rings.